The monoisotopic (exact) mass is 532 g/mol. The Hall–Kier alpha value is -4.71. The van der Waals surface area contributed by atoms with Crippen molar-refractivity contribution in [2.24, 2.45) is 0 Å². The molecule has 0 atom stereocenters. The first kappa shape index (κ1) is 26.9. The van der Waals surface area contributed by atoms with Crippen molar-refractivity contribution in [1.29, 1.82) is 0 Å². The lowest BCUT2D eigenvalue weighted by Gasteiger charge is -2.12. The van der Waals surface area contributed by atoms with E-state index in [1.807, 2.05) is 106 Å². The van der Waals surface area contributed by atoms with Gasteiger partial charge in [0.1, 0.15) is 12.4 Å². The summed E-state index contributed by atoms with van der Waals surface area (Å²) >= 11 is 0. The van der Waals surface area contributed by atoms with E-state index in [0.29, 0.717) is 24.3 Å². The molecule has 0 unspecified atom stereocenters. The van der Waals surface area contributed by atoms with Crippen LogP contribution < -0.4 is 4.74 Å². The van der Waals surface area contributed by atoms with Gasteiger partial charge < -0.3 is 9.47 Å². The van der Waals surface area contributed by atoms with Crippen molar-refractivity contribution >= 4 is 22.8 Å². The van der Waals surface area contributed by atoms with Crippen LogP contribution in [-0.2, 0) is 29.0 Å². The highest BCUT2D eigenvalue weighted by Gasteiger charge is 2.23. The lowest BCUT2D eigenvalue weighted by atomic mass is 10.1. The number of carbonyl (C=O) groups excluding carboxylic acids is 2. The number of nitrogens with zero attached hydrogens (tertiary/aromatic N) is 2. The Morgan fingerprint density at radius 2 is 1.65 bits per heavy atom. The van der Waals surface area contributed by atoms with Crippen LogP contribution in [-0.4, -0.2) is 28.0 Å². The summed E-state index contributed by atoms with van der Waals surface area (Å²) < 4.78 is 13.2. The van der Waals surface area contributed by atoms with Crippen LogP contribution in [0.25, 0.3) is 10.9 Å². The van der Waals surface area contributed by atoms with Gasteiger partial charge in [-0.2, -0.15) is 0 Å². The maximum absolute atomic E-state index is 13.8. The number of aryl methyl sites for hydroxylation is 2. The SMILES string of the molecule is Cc1ccc(CCOc2ccc(C(=O)n3c(C)c(CC(=O)OCc4ccccc4)c4ccccc43)c(C)c2)nc1. The first-order valence-corrected chi connectivity index (χ1v) is 13.4. The first-order valence-electron chi connectivity index (χ1n) is 13.4. The fourth-order valence-corrected chi connectivity index (χ4v) is 4.86. The average Bonchev–Trinajstić information content (AvgIpc) is 3.24. The molecule has 0 amide bonds. The maximum Gasteiger partial charge on any atom is 0.310 e. The fraction of sp³-hybridized carbons (Fsp3) is 0.206. The van der Waals surface area contributed by atoms with Crippen molar-refractivity contribution < 1.29 is 19.1 Å². The molecule has 6 heteroatoms. The summed E-state index contributed by atoms with van der Waals surface area (Å²) in [4.78, 5) is 31.0. The quantitative estimate of drug-likeness (QED) is 0.201. The molecule has 0 aliphatic rings. The van der Waals surface area contributed by atoms with Crippen LogP contribution in [0.15, 0.2) is 91.1 Å². The van der Waals surface area contributed by atoms with E-state index in [1.165, 1.54) is 0 Å². The van der Waals surface area contributed by atoms with Crippen molar-refractivity contribution in [1.82, 2.24) is 9.55 Å². The molecule has 0 bridgehead atoms. The number of hydrogen-bond donors (Lipinski definition) is 0. The molecule has 0 spiro atoms. The Labute approximate surface area is 234 Å². The number of ether oxygens (including phenoxy) is 2. The molecule has 40 heavy (non-hydrogen) atoms. The Bertz CT molecular complexity index is 1650. The second kappa shape index (κ2) is 12.0. The van der Waals surface area contributed by atoms with Crippen LogP contribution in [0.5, 0.6) is 5.75 Å². The van der Waals surface area contributed by atoms with E-state index in [1.54, 1.807) is 10.6 Å². The Morgan fingerprint density at radius 3 is 2.40 bits per heavy atom. The number of esters is 1. The van der Waals surface area contributed by atoms with E-state index in [2.05, 4.69) is 4.98 Å². The minimum atomic E-state index is -0.333. The highest BCUT2D eigenvalue weighted by Crippen LogP contribution is 2.29. The average molecular weight is 533 g/mol. The van der Waals surface area contributed by atoms with Gasteiger partial charge >= 0.3 is 5.97 Å². The van der Waals surface area contributed by atoms with Crippen molar-refractivity contribution in [2.75, 3.05) is 6.61 Å². The first-order chi connectivity index (χ1) is 19.4. The fourth-order valence-electron chi connectivity index (χ4n) is 4.86. The van der Waals surface area contributed by atoms with E-state index in [9.17, 15) is 9.59 Å². The number of para-hydroxylation sites is 1. The zero-order valence-electron chi connectivity index (χ0n) is 23.0. The highest BCUT2D eigenvalue weighted by molar-refractivity contribution is 6.05. The van der Waals surface area contributed by atoms with E-state index in [4.69, 9.17) is 9.47 Å². The molecular formula is C34H32N2O4. The number of aromatic nitrogens is 2. The molecule has 0 saturated heterocycles. The van der Waals surface area contributed by atoms with Crippen LogP contribution >= 0.6 is 0 Å². The molecule has 0 fully saturated rings. The molecule has 2 aromatic heterocycles. The largest absolute Gasteiger partial charge is 0.493 e. The highest BCUT2D eigenvalue weighted by atomic mass is 16.5. The number of fused-ring (bicyclic) bond motifs is 1. The van der Waals surface area contributed by atoms with Gasteiger partial charge in [-0.05, 0) is 73.4 Å². The zero-order valence-corrected chi connectivity index (χ0v) is 23.0. The summed E-state index contributed by atoms with van der Waals surface area (Å²) in [6.45, 7) is 6.51. The second-order valence-corrected chi connectivity index (χ2v) is 9.95. The van der Waals surface area contributed by atoms with Gasteiger partial charge in [0.25, 0.3) is 5.91 Å². The van der Waals surface area contributed by atoms with Gasteiger partial charge in [0.2, 0.25) is 0 Å². The second-order valence-electron chi connectivity index (χ2n) is 9.95. The molecule has 202 valence electrons. The molecule has 2 heterocycles. The van der Waals surface area contributed by atoms with Gasteiger partial charge in [0.05, 0.1) is 18.5 Å². The summed E-state index contributed by atoms with van der Waals surface area (Å²) in [5.74, 6) is 0.225. The molecule has 3 aromatic carbocycles. The van der Waals surface area contributed by atoms with E-state index in [-0.39, 0.29) is 24.9 Å². The number of rotatable bonds is 9. The van der Waals surface area contributed by atoms with Crippen molar-refractivity contribution in [3.8, 4) is 5.75 Å². The van der Waals surface area contributed by atoms with Crippen LogP contribution in [0.1, 0.15) is 44.0 Å². The number of carbonyl (C=O) groups is 2. The van der Waals surface area contributed by atoms with Crippen molar-refractivity contribution in [3.05, 3.63) is 130 Å². The summed E-state index contributed by atoms with van der Waals surface area (Å²) in [5, 5.41) is 0.868. The third kappa shape index (κ3) is 5.96. The van der Waals surface area contributed by atoms with Crippen LogP contribution in [0.4, 0.5) is 0 Å². The molecule has 0 aliphatic carbocycles. The minimum absolute atomic E-state index is 0.0844. The predicted molar refractivity (Wildman–Crippen MR) is 156 cm³/mol. The molecule has 5 rings (SSSR count). The Balaban J connectivity index is 1.32. The van der Waals surface area contributed by atoms with Crippen LogP contribution in [0, 0.1) is 20.8 Å². The summed E-state index contributed by atoms with van der Waals surface area (Å²) in [6, 6.07) is 26.8. The molecule has 0 radical (unpaired) electrons. The van der Waals surface area contributed by atoms with Gasteiger partial charge in [0, 0.05) is 35.0 Å². The summed E-state index contributed by atoms with van der Waals surface area (Å²) in [7, 11) is 0. The predicted octanol–water partition coefficient (Wildman–Crippen LogP) is 6.56. The van der Waals surface area contributed by atoms with Gasteiger partial charge in [-0.15, -0.1) is 0 Å². The van der Waals surface area contributed by atoms with Crippen LogP contribution in [0.2, 0.25) is 0 Å². The van der Waals surface area contributed by atoms with Crippen molar-refractivity contribution in [2.45, 2.75) is 40.2 Å². The standard InChI is InChI=1S/C34H32N2O4/c1-23-13-14-27(35-21-23)17-18-39-28-15-16-29(24(2)19-28)34(38)36-25(3)31(30-11-7-8-12-32(30)36)20-33(37)40-22-26-9-5-4-6-10-26/h4-16,19,21H,17-18,20,22H2,1-3H3. The summed E-state index contributed by atoms with van der Waals surface area (Å²) in [6.07, 6.45) is 2.64. The zero-order chi connectivity index (χ0) is 28.1. The number of hydrogen-bond acceptors (Lipinski definition) is 5. The van der Waals surface area contributed by atoms with Gasteiger partial charge in [-0.1, -0.05) is 54.6 Å². The molecule has 5 aromatic rings. The topological polar surface area (TPSA) is 70.4 Å². The third-order valence-corrected chi connectivity index (χ3v) is 7.04. The molecule has 0 aliphatic heterocycles. The summed E-state index contributed by atoms with van der Waals surface area (Å²) in [5.41, 5.74) is 6.72. The van der Waals surface area contributed by atoms with E-state index < -0.39 is 0 Å². The Morgan fingerprint density at radius 1 is 0.875 bits per heavy atom. The smallest absolute Gasteiger partial charge is 0.310 e. The van der Waals surface area contributed by atoms with Gasteiger partial charge in [-0.25, -0.2) is 0 Å². The minimum Gasteiger partial charge on any atom is -0.493 e. The van der Waals surface area contributed by atoms with Gasteiger partial charge in [0.15, 0.2) is 0 Å². The third-order valence-electron chi connectivity index (χ3n) is 7.04. The van der Waals surface area contributed by atoms with Gasteiger partial charge in [-0.3, -0.25) is 19.1 Å². The Kier molecular flexibility index (Phi) is 8.06. The van der Waals surface area contributed by atoms with E-state index >= 15 is 0 Å². The lowest BCUT2D eigenvalue weighted by Crippen LogP contribution is -2.16. The normalized spacial score (nSPS) is 11.0. The molecule has 0 saturated carbocycles. The van der Waals surface area contributed by atoms with E-state index in [0.717, 1.165) is 44.5 Å². The molecular weight excluding hydrogens is 500 g/mol. The maximum atomic E-state index is 13.8. The number of pyridine rings is 1. The van der Waals surface area contributed by atoms with Crippen LogP contribution in [0.3, 0.4) is 0 Å². The number of benzene rings is 3. The van der Waals surface area contributed by atoms with Crippen molar-refractivity contribution in [3.63, 3.8) is 0 Å². The molecule has 0 N–H and O–H groups in total. The lowest BCUT2D eigenvalue weighted by molar-refractivity contribution is -0.144. The molecule has 6 nitrogen and oxygen atoms in total.